The van der Waals surface area contributed by atoms with E-state index in [1.54, 1.807) is 12.1 Å². The van der Waals surface area contributed by atoms with Gasteiger partial charge in [-0.15, -0.1) is 0 Å². The van der Waals surface area contributed by atoms with Gasteiger partial charge in [0.15, 0.2) is 0 Å². The number of benzene rings is 2. The van der Waals surface area contributed by atoms with E-state index in [0.717, 1.165) is 43.5 Å². The number of unbranched alkanes of at least 4 members (excludes halogenated alkanes) is 4. The van der Waals surface area contributed by atoms with E-state index in [9.17, 15) is 4.79 Å². The van der Waals surface area contributed by atoms with Gasteiger partial charge in [-0.1, -0.05) is 96.6 Å². The molecule has 0 N–H and O–H groups in total. The Morgan fingerprint density at radius 1 is 0.714 bits per heavy atom. The van der Waals surface area contributed by atoms with Gasteiger partial charge in [0, 0.05) is 0 Å². The van der Waals surface area contributed by atoms with E-state index in [1.807, 2.05) is 36.4 Å². The first kappa shape index (κ1) is 27.3. The molecule has 192 valence electrons. The fourth-order valence-corrected chi connectivity index (χ4v) is 5.27. The molecular weight excluding hydrogens is 432 g/mol. The Labute approximate surface area is 213 Å². The van der Waals surface area contributed by atoms with Crippen LogP contribution >= 0.6 is 0 Å². The van der Waals surface area contributed by atoms with Crippen molar-refractivity contribution in [1.82, 2.24) is 0 Å². The van der Waals surface area contributed by atoms with Crippen molar-refractivity contribution in [3.8, 4) is 11.5 Å². The van der Waals surface area contributed by atoms with Gasteiger partial charge in [0.05, 0.1) is 12.2 Å². The molecule has 3 nitrogen and oxygen atoms in total. The third kappa shape index (κ3) is 10.1. The van der Waals surface area contributed by atoms with Gasteiger partial charge in [0.2, 0.25) is 0 Å². The lowest BCUT2D eigenvalue weighted by Gasteiger charge is -2.28. The molecule has 0 unspecified atom stereocenters. The average Bonchev–Trinajstić information content (AvgIpc) is 2.89. The van der Waals surface area contributed by atoms with Gasteiger partial charge in [-0.3, -0.25) is 0 Å². The summed E-state index contributed by atoms with van der Waals surface area (Å²) in [7, 11) is 0. The standard InChI is InChI=1S/C32H46O3/c1-3-5-6-7-8-11-27-13-15-28(16-14-27)12-9-25-34-30-23-19-29(20-24-30)32(33)35-31-21-17-26(10-4-2)18-22-31/h17-24,27-28H,3-16,25H2,1-2H3. The predicted molar refractivity (Wildman–Crippen MR) is 145 cm³/mol. The fraction of sp³-hybridized carbons (Fsp3) is 0.594. The van der Waals surface area contributed by atoms with Crippen molar-refractivity contribution >= 4 is 5.97 Å². The first-order valence-corrected chi connectivity index (χ1v) is 14.2. The molecule has 1 fully saturated rings. The maximum atomic E-state index is 12.4. The van der Waals surface area contributed by atoms with Crippen LogP contribution in [0.3, 0.4) is 0 Å². The van der Waals surface area contributed by atoms with Crippen LogP contribution in [0.25, 0.3) is 0 Å². The Kier molecular flexibility index (Phi) is 12.2. The second-order valence-corrected chi connectivity index (χ2v) is 10.4. The Hall–Kier alpha value is -2.29. The number of carbonyl (C=O) groups is 1. The Bertz CT molecular complexity index is 832. The number of ether oxygens (including phenoxy) is 2. The van der Waals surface area contributed by atoms with Gasteiger partial charge in [-0.2, -0.15) is 0 Å². The molecule has 35 heavy (non-hydrogen) atoms. The highest BCUT2D eigenvalue weighted by Crippen LogP contribution is 2.34. The minimum atomic E-state index is -0.337. The highest BCUT2D eigenvalue weighted by molar-refractivity contribution is 5.91. The molecule has 0 saturated heterocycles. The fourth-order valence-electron chi connectivity index (χ4n) is 5.27. The maximum absolute atomic E-state index is 12.4. The zero-order chi connectivity index (χ0) is 24.7. The van der Waals surface area contributed by atoms with E-state index >= 15 is 0 Å². The van der Waals surface area contributed by atoms with Crippen molar-refractivity contribution in [3.05, 3.63) is 59.7 Å². The summed E-state index contributed by atoms with van der Waals surface area (Å²) in [6.07, 6.45) is 18.7. The lowest BCUT2D eigenvalue weighted by atomic mass is 9.78. The lowest BCUT2D eigenvalue weighted by Crippen LogP contribution is -2.15. The largest absolute Gasteiger partial charge is 0.494 e. The molecule has 1 saturated carbocycles. The Balaban J connectivity index is 1.28. The van der Waals surface area contributed by atoms with Crippen molar-refractivity contribution in [2.24, 2.45) is 11.8 Å². The van der Waals surface area contributed by atoms with E-state index in [1.165, 1.54) is 76.2 Å². The highest BCUT2D eigenvalue weighted by atomic mass is 16.5. The molecule has 2 aromatic rings. The molecule has 3 rings (SSSR count). The van der Waals surface area contributed by atoms with E-state index in [4.69, 9.17) is 9.47 Å². The van der Waals surface area contributed by atoms with E-state index in [2.05, 4.69) is 13.8 Å². The summed E-state index contributed by atoms with van der Waals surface area (Å²) >= 11 is 0. The van der Waals surface area contributed by atoms with Crippen LogP contribution in [0.5, 0.6) is 11.5 Å². The van der Waals surface area contributed by atoms with Crippen molar-refractivity contribution < 1.29 is 14.3 Å². The third-order valence-corrected chi connectivity index (χ3v) is 7.47. The maximum Gasteiger partial charge on any atom is 0.343 e. The number of hydrogen-bond donors (Lipinski definition) is 0. The summed E-state index contributed by atoms with van der Waals surface area (Å²) in [6, 6.07) is 15.1. The molecule has 0 heterocycles. The molecular formula is C32H46O3. The van der Waals surface area contributed by atoms with Gasteiger partial charge in [0.25, 0.3) is 0 Å². The molecule has 0 amide bonds. The number of aryl methyl sites for hydroxylation is 1. The van der Waals surface area contributed by atoms with E-state index in [0.29, 0.717) is 11.3 Å². The van der Waals surface area contributed by atoms with Crippen LogP contribution in [-0.2, 0) is 6.42 Å². The molecule has 2 aromatic carbocycles. The van der Waals surface area contributed by atoms with Crippen LogP contribution in [0.4, 0.5) is 0 Å². The molecule has 1 aliphatic carbocycles. The molecule has 0 radical (unpaired) electrons. The predicted octanol–water partition coefficient (Wildman–Crippen LogP) is 9.18. The van der Waals surface area contributed by atoms with Crippen molar-refractivity contribution in [3.63, 3.8) is 0 Å². The van der Waals surface area contributed by atoms with Crippen LogP contribution < -0.4 is 9.47 Å². The highest BCUT2D eigenvalue weighted by Gasteiger charge is 2.20. The van der Waals surface area contributed by atoms with Crippen LogP contribution in [0.15, 0.2) is 48.5 Å². The zero-order valence-electron chi connectivity index (χ0n) is 22.1. The normalized spacial score (nSPS) is 17.8. The second kappa shape index (κ2) is 15.7. The SMILES string of the molecule is CCCCCCCC1CCC(CCCOc2ccc(C(=O)Oc3ccc(CCC)cc3)cc2)CC1. The topological polar surface area (TPSA) is 35.5 Å². The quantitative estimate of drug-likeness (QED) is 0.145. The van der Waals surface area contributed by atoms with E-state index < -0.39 is 0 Å². The van der Waals surface area contributed by atoms with Crippen molar-refractivity contribution in [1.29, 1.82) is 0 Å². The molecule has 0 aromatic heterocycles. The summed E-state index contributed by atoms with van der Waals surface area (Å²) in [5.41, 5.74) is 1.80. The third-order valence-electron chi connectivity index (χ3n) is 7.47. The number of hydrogen-bond acceptors (Lipinski definition) is 3. The second-order valence-electron chi connectivity index (χ2n) is 10.4. The summed E-state index contributed by atoms with van der Waals surface area (Å²) in [5.74, 6) is 2.92. The van der Waals surface area contributed by atoms with Crippen molar-refractivity contribution in [2.45, 2.75) is 104 Å². The minimum Gasteiger partial charge on any atom is -0.494 e. The summed E-state index contributed by atoms with van der Waals surface area (Å²) in [6.45, 7) is 5.19. The summed E-state index contributed by atoms with van der Waals surface area (Å²) in [4.78, 5) is 12.4. The van der Waals surface area contributed by atoms with Crippen LogP contribution in [0, 0.1) is 11.8 Å². The van der Waals surface area contributed by atoms with Crippen LogP contribution in [0.1, 0.15) is 113 Å². The van der Waals surface area contributed by atoms with Gasteiger partial charge >= 0.3 is 5.97 Å². The lowest BCUT2D eigenvalue weighted by molar-refractivity contribution is 0.0734. The molecule has 0 atom stereocenters. The molecule has 0 aliphatic heterocycles. The van der Waals surface area contributed by atoms with Gasteiger partial charge in [-0.25, -0.2) is 4.79 Å². The number of esters is 1. The molecule has 0 bridgehead atoms. The minimum absolute atomic E-state index is 0.337. The Morgan fingerprint density at radius 3 is 1.94 bits per heavy atom. The van der Waals surface area contributed by atoms with Gasteiger partial charge in [0.1, 0.15) is 11.5 Å². The van der Waals surface area contributed by atoms with Gasteiger partial charge in [-0.05, 0) is 73.1 Å². The molecule has 1 aliphatic rings. The summed E-state index contributed by atoms with van der Waals surface area (Å²) in [5, 5.41) is 0. The van der Waals surface area contributed by atoms with Gasteiger partial charge < -0.3 is 9.47 Å². The number of carbonyl (C=O) groups excluding carboxylic acids is 1. The molecule has 3 heteroatoms. The van der Waals surface area contributed by atoms with Crippen LogP contribution in [0.2, 0.25) is 0 Å². The number of rotatable bonds is 15. The molecule has 0 spiro atoms. The van der Waals surface area contributed by atoms with Crippen molar-refractivity contribution in [2.75, 3.05) is 6.61 Å². The monoisotopic (exact) mass is 478 g/mol. The smallest absolute Gasteiger partial charge is 0.343 e. The van der Waals surface area contributed by atoms with E-state index in [-0.39, 0.29) is 5.97 Å². The summed E-state index contributed by atoms with van der Waals surface area (Å²) < 4.78 is 11.4. The average molecular weight is 479 g/mol. The first-order chi connectivity index (χ1) is 17.2. The first-order valence-electron chi connectivity index (χ1n) is 14.2. The zero-order valence-corrected chi connectivity index (χ0v) is 22.1. The Morgan fingerprint density at radius 2 is 1.31 bits per heavy atom. The van der Waals surface area contributed by atoms with Crippen LogP contribution in [-0.4, -0.2) is 12.6 Å².